The Kier molecular flexibility index (Phi) is 5.51. The number of thioether (sulfide) groups is 1. The molecule has 0 saturated heterocycles. The van der Waals surface area contributed by atoms with Crippen LogP contribution in [0.4, 0.5) is 5.00 Å². The second kappa shape index (κ2) is 7.99. The van der Waals surface area contributed by atoms with Gasteiger partial charge in [0.1, 0.15) is 10.7 Å². The van der Waals surface area contributed by atoms with E-state index in [0.29, 0.717) is 17.3 Å². The van der Waals surface area contributed by atoms with E-state index in [1.54, 1.807) is 0 Å². The first-order valence-electron chi connectivity index (χ1n) is 7.47. The van der Waals surface area contributed by atoms with Crippen molar-refractivity contribution in [1.82, 2.24) is 10.3 Å². The highest BCUT2D eigenvalue weighted by Gasteiger charge is 2.12. The number of anilines is 1. The van der Waals surface area contributed by atoms with Crippen molar-refractivity contribution in [3.8, 4) is 11.3 Å². The molecule has 0 spiro atoms. The van der Waals surface area contributed by atoms with E-state index in [4.69, 9.17) is 5.73 Å². The molecule has 24 heavy (non-hydrogen) atoms. The molecule has 3 rings (SSSR count). The van der Waals surface area contributed by atoms with Crippen molar-refractivity contribution in [1.29, 1.82) is 0 Å². The van der Waals surface area contributed by atoms with Crippen molar-refractivity contribution in [2.75, 3.05) is 11.5 Å². The molecule has 0 saturated carbocycles. The zero-order valence-electron chi connectivity index (χ0n) is 12.9. The molecule has 6 heteroatoms. The Bertz CT molecular complexity index is 804. The molecule has 3 N–H and O–H groups in total. The van der Waals surface area contributed by atoms with E-state index in [1.807, 2.05) is 60.7 Å². The highest BCUT2D eigenvalue weighted by Crippen LogP contribution is 2.35. The van der Waals surface area contributed by atoms with E-state index < -0.39 is 0 Å². The molecule has 0 aliphatic rings. The van der Waals surface area contributed by atoms with Crippen molar-refractivity contribution in [2.24, 2.45) is 0 Å². The Morgan fingerprint density at radius 1 is 1.08 bits per heavy atom. The van der Waals surface area contributed by atoms with Crippen molar-refractivity contribution < 1.29 is 4.79 Å². The maximum atomic E-state index is 12.0. The molecule has 0 radical (unpaired) electrons. The van der Waals surface area contributed by atoms with Gasteiger partial charge in [-0.1, -0.05) is 83.8 Å². The van der Waals surface area contributed by atoms with E-state index in [0.717, 1.165) is 21.2 Å². The average molecular weight is 355 g/mol. The molecular weight excluding hydrogens is 338 g/mol. The minimum absolute atomic E-state index is 0.0149. The van der Waals surface area contributed by atoms with Gasteiger partial charge < -0.3 is 11.1 Å². The minimum atomic E-state index is -0.0149. The molecule has 3 aromatic rings. The van der Waals surface area contributed by atoms with Crippen LogP contribution in [0.25, 0.3) is 11.3 Å². The molecule has 1 heterocycles. The fraction of sp³-hybridized carbons (Fsp3) is 0.111. The van der Waals surface area contributed by atoms with Crippen LogP contribution in [0, 0.1) is 0 Å². The molecular formula is C18H17N3OS2. The van der Waals surface area contributed by atoms with Gasteiger partial charge >= 0.3 is 0 Å². The largest absolute Gasteiger partial charge is 0.389 e. The third kappa shape index (κ3) is 4.37. The van der Waals surface area contributed by atoms with E-state index >= 15 is 0 Å². The average Bonchev–Trinajstić information content (AvgIpc) is 3.00. The standard InChI is InChI=1S/C18H17N3OS2/c19-17-16(14-9-5-2-6-10-14)21-18(24-17)23-12-15(22)20-11-13-7-3-1-4-8-13/h1-10H,11-12,19H2,(H,20,22). The van der Waals surface area contributed by atoms with Gasteiger partial charge in [-0.05, 0) is 5.56 Å². The normalized spacial score (nSPS) is 10.5. The number of carbonyl (C=O) groups is 1. The summed E-state index contributed by atoms with van der Waals surface area (Å²) in [4.78, 5) is 16.5. The molecule has 0 fully saturated rings. The minimum Gasteiger partial charge on any atom is -0.389 e. The van der Waals surface area contributed by atoms with Crippen LogP contribution in [0.1, 0.15) is 5.56 Å². The van der Waals surface area contributed by atoms with E-state index in [2.05, 4.69) is 10.3 Å². The van der Waals surface area contributed by atoms with Gasteiger partial charge in [-0.15, -0.1) is 0 Å². The highest BCUT2D eigenvalue weighted by atomic mass is 32.2. The van der Waals surface area contributed by atoms with Crippen LogP contribution in [0.3, 0.4) is 0 Å². The van der Waals surface area contributed by atoms with Crippen LogP contribution in [-0.4, -0.2) is 16.6 Å². The number of carbonyl (C=O) groups excluding carboxylic acids is 1. The van der Waals surface area contributed by atoms with Crippen LogP contribution < -0.4 is 11.1 Å². The lowest BCUT2D eigenvalue weighted by Gasteiger charge is -2.04. The summed E-state index contributed by atoms with van der Waals surface area (Å²) in [5, 5.41) is 3.58. The van der Waals surface area contributed by atoms with Gasteiger partial charge in [0.2, 0.25) is 5.91 Å². The quantitative estimate of drug-likeness (QED) is 0.660. The summed E-state index contributed by atoms with van der Waals surface area (Å²) in [6.07, 6.45) is 0. The maximum absolute atomic E-state index is 12.0. The van der Waals surface area contributed by atoms with Gasteiger partial charge in [0, 0.05) is 12.1 Å². The van der Waals surface area contributed by atoms with Crippen LogP contribution in [0.2, 0.25) is 0 Å². The van der Waals surface area contributed by atoms with Crippen molar-refractivity contribution in [3.63, 3.8) is 0 Å². The number of thiazole rings is 1. The zero-order chi connectivity index (χ0) is 16.8. The predicted molar refractivity (Wildman–Crippen MR) is 101 cm³/mol. The van der Waals surface area contributed by atoms with Crippen LogP contribution in [-0.2, 0) is 11.3 Å². The fourth-order valence-corrected chi connectivity index (χ4v) is 3.93. The first-order valence-corrected chi connectivity index (χ1v) is 9.28. The number of rotatable bonds is 6. The zero-order valence-corrected chi connectivity index (χ0v) is 14.6. The SMILES string of the molecule is Nc1sc(SCC(=O)NCc2ccccc2)nc1-c1ccccc1. The molecule has 1 aromatic heterocycles. The summed E-state index contributed by atoms with van der Waals surface area (Å²) in [6, 6.07) is 19.7. The van der Waals surface area contributed by atoms with Crippen molar-refractivity contribution >= 4 is 34.0 Å². The summed E-state index contributed by atoms with van der Waals surface area (Å²) in [5.74, 6) is 0.312. The summed E-state index contributed by atoms with van der Waals surface area (Å²) in [5.41, 5.74) is 8.92. The molecule has 4 nitrogen and oxygen atoms in total. The van der Waals surface area contributed by atoms with E-state index in [1.165, 1.54) is 23.1 Å². The molecule has 0 atom stereocenters. The monoisotopic (exact) mass is 355 g/mol. The van der Waals surface area contributed by atoms with Crippen molar-refractivity contribution in [3.05, 3.63) is 66.2 Å². The lowest BCUT2D eigenvalue weighted by molar-refractivity contribution is -0.118. The van der Waals surface area contributed by atoms with Gasteiger partial charge in [-0.25, -0.2) is 4.98 Å². The second-order valence-electron chi connectivity index (χ2n) is 5.11. The topological polar surface area (TPSA) is 68.0 Å². The number of hydrogen-bond donors (Lipinski definition) is 2. The Hall–Kier alpha value is -2.31. The first-order chi connectivity index (χ1) is 11.7. The molecule has 0 bridgehead atoms. The number of aromatic nitrogens is 1. The van der Waals surface area contributed by atoms with Gasteiger partial charge in [-0.2, -0.15) is 0 Å². The summed E-state index contributed by atoms with van der Waals surface area (Å²) < 4.78 is 0.807. The summed E-state index contributed by atoms with van der Waals surface area (Å²) >= 11 is 2.82. The third-order valence-corrected chi connectivity index (χ3v) is 5.37. The van der Waals surface area contributed by atoms with Gasteiger partial charge in [0.15, 0.2) is 4.34 Å². The van der Waals surface area contributed by atoms with Gasteiger partial charge in [0.05, 0.1) is 5.75 Å². The maximum Gasteiger partial charge on any atom is 0.230 e. The molecule has 122 valence electrons. The van der Waals surface area contributed by atoms with E-state index in [-0.39, 0.29) is 5.91 Å². The number of nitrogens with two attached hydrogens (primary N) is 1. The lowest BCUT2D eigenvalue weighted by Crippen LogP contribution is -2.24. The van der Waals surface area contributed by atoms with Crippen LogP contribution in [0.15, 0.2) is 65.0 Å². The number of amides is 1. The Balaban J connectivity index is 1.54. The molecule has 1 amide bonds. The number of benzene rings is 2. The third-order valence-electron chi connectivity index (χ3n) is 3.34. The number of nitrogens with zero attached hydrogens (tertiary/aromatic N) is 1. The molecule has 0 unspecified atom stereocenters. The smallest absolute Gasteiger partial charge is 0.230 e. The summed E-state index contributed by atoms with van der Waals surface area (Å²) in [7, 11) is 0. The first kappa shape index (κ1) is 16.5. The van der Waals surface area contributed by atoms with Gasteiger partial charge in [-0.3, -0.25) is 4.79 Å². The lowest BCUT2D eigenvalue weighted by atomic mass is 10.2. The van der Waals surface area contributed by atoms with E-state index in [9.17, 15) is 4.79 Å². The van der Waals surface area contributed by atoms with Crippen LogP contribution >= 0.6 is 23.1 Å². The highest BCUT2D eigenvalue weighted by molar-refractivity contribution is 8.01. The number of nitrogens with one attached hydrogen (secondary N) is 1. The van der Waals surface area contributed by atoms with Crippen molar-refractivity contribution in [2.45, 2.75) is 10.9 Å². The fourth-order valence-electron chi connectivity index (χ4n) is 2.15. The van der Waals surface area contributed by atoms with Gasteiger partial charge in [0.25, 0.3) is 0 Å². The second-order valence-corrected chi connectivity index (χ2v) is 7.36. The molecule has 0 aliphatic heterocycles. The molecule has 0 aliphatic carbocycles. The Morgan fingerprint density at radius 2 is 1.75 bits per heavy atom. The predicted octanol–water partition coefficient (Wildman–Crippen LogP) is 3.80. The Morgan fingerprint density at radius 3 is 2.46 bits per heavy atom. The molecule has 2 aromatic carbocycles. The summed E-state index contributed by atoms with van der Waals surface area (Å²) in [6.45, 7) is 0.537. The Labute approximate surface area is 149 Å². The number of nitrogen functional groups attached to an aromatic ring is 1. The van der Waals surface area contributed by atoms with Crippen LogP contribution in [0.5, 0.6) is 0 Å². The number of hydrogen-bond acceptors (Lipinski definition) is 5.